The van der Waals surface area contributed by atoms with Gasteiger partial charge >= 0.3 is 0 Å². The van der Waals surface area contributed by atoms with Crippen molar-refractivity contribution in [3.63, 3.8) is 0 Å². The van der Waals surface area contributed by atoms with Gasteiger partial charge in [-0.2, -0.15) is 0 Å². The number of halogens is 1. The molecular weight excluding hydrogens is 237 g/mol. The predicted molar refractivity (Wildman–Crippen MR) is 80.9 cm³/mol. The van der Waals surface area contributed by atoms with Crippen molar-refractivity contribution >= 4 is 0 Å². The molecule has 2 heteroatoms. The number of hydrogen-bond acceptors (Lipinski definition) is 1. The van der Waals surface area contributed by atoms with Gasteiger partial charge in [-0.3, -0.25) is 0 Å². The first-order chi connectivity index (χ1) is 9.04. The second-order valence-corrected chi connectivity index (χ2v) is 5.65. The fourth-order valence-electron chi connectivity index (χ4n) is 2.36. The van der Waals surface area contributed by atoms with Crippen LogP contribution in [0.25, 0.3) is 0 Å². The highest BCUT2D eigenvalue weighted by atomic mass is 19.1. The topological polar surface area (TPSA) is 12.0 Å². The van der Waals surface area contributed by atoms with E-state index < -0.39 is 0 Å². The zero-order chi connectivity index (χ0) is 14.3. The first-order valence-electron chi connectivity index (χ1n) is 7.56. The number of benzene rings is 1. The molecule has 0 aromatic heterocycles. The molecule has 0 aliphatic heterocycles. The van der Waals surface area contributed by atoms with E-state index in [1.165, 1.54) is 32.1 Å². The van der Waals surface area contributed by atoms with Crippen LogP contribution in [-0.2, 0) is 0 Å². The third kappa shape index (κ3) is 5.73. The first kappa shape index (κ1) is 16.2. The van der Waals surface area contributed by atoms with E-state index in [-0.39, 0.29) is 11.9 Å². The fraction of sp³-hybridized carbons (Fsp3) is 0.647. The first-order valence-corrected chi connectivity index (χ1v) is 7.56. The summed E-state index contributed by atoms with van der Waals surface area (Å²) in [7, 11) is 0. The molecule has 0 heterocycles. The van der Waals surface area contributed by atoms with E-state index in [4.69, 9.17) is 0 Å². The molecule has 1 aromatic carbocycles. The lowest BCUT2D eigenvalue weighted by molar-refractivity contribution is 0.436. The van der Waals surface area contributed by atoms with Crippen LogP contribution in [0.2, 0.25) is 0 Å². The monoisotopic (exact) mass is 265 g/mol. The zero-order valence-electron chi connectivity index (χ0n) is 12.8. The van der Waals surface area contributed by atoms with E-state index in [1.807, 2.05) is 12.1 Å². The smallest absolute Gasteiger partial charge is 0.126 e. The highest BCUT2D eigenvalue weighted by molar-refractivity contribution is 5.25. The Morgan fingerprint density at radius 2 is 1.89 bits per heavy atom. The average molecular weight is 265 g/mol. The van der Waals surface area contributed by atoms with E-state index in [1.54, 1.807) is 13.0 Å². The summed E-state index contributed by atoms with van der Waals surface area (Å²) in [5.41, 5.74) is 1.74. The summed E-state index contributed by atoms with van der Waals surface area (Å²) in [6, 6.07) is 6.21. The minimum absolute atomic E-state index is 0.109. The van der Waals surface area contributed by atoms with Crippen molar-refractivity contribution in [3.05, 3.63) is 35.1 Å². The van der Waals surface area contributed by atoms with Gasteiger partial charge in [0.15, 0.2) is 0 Å². The molecule has 2 unspecified atom stereocenters. The molecule has 0 saturated carbocycles. The minimum atomic E-state index is -0.109. The van der Waals surface area contributed by atoms with Gasteiger partial charge in [-0.05, 0) is 44.4 Å². The van der Waals surface area contributed by atoms with E-state index in [0.29, 0.717) is 11.6 Å². The summed E-state index contributed by atoms with van der Waals surface area (Å²) in [5, 5.41) is 3.55. The second-order valence-electron chi connectivity index (χ2n) is 5.65. The molecule has 108 valence electrons. The molecule has 1 aromatic rings. The molecule has 0 spiro atoms. The summed E-state index contributed by atoms with van der Waals surface area (Å²) >= 11 is 0. The maximum Gasteiger partial charge on any atom is 0.126 e. The molecule has 1 rings (SSSR count). The number of rotatable bonds is 8. The number of hydrogen-bond donors (Lipinski definition) is 1. The quantitative estimate of drug-likeness (QED) is 0.641. The van der Waals surface area contributed by atoms with Gasteiger partial charge in [0.1, 0.15) is 5.82 Å². The highest BCUT2D eigenvalue weighted by Crippen LogP contribution is 2.17. The molecule has 0 radical (unpaired) electrons. The van der Waals surface area contributed by atoms with Gasteiger partial charge in [-0.1, -0.05) is 44.7 Å². The van der Waals surface area contributed by atoms with Crippen LogP contribution >= 0.6 is 0 Å². The second kappa shape index (κ2) is 8.31. The van der Waals surface area contributed by atoms with E-state index >= 15 is 0 Å². The lowest BCUT2D eigenvalue weighted by Crippen LogP contribution is -2.28. The van der Waals surface area contributed by atoms with Gasteiger partial charge in [0.05, 0.1) is 0 Å². The Kier molecular flexibility index (Phi) is 7.07. The zero-order valence-corrected chi connectivity index (χ0v) is 12.8. The van der Waals surface area contributed by atoms with Crippen molar-refractivity contribution in [1.82, 2.24) is 5.32 Å². The van der Waals surface area contributed by atoms with Crippen LogP contribution in [0.4, 0.5) is 4.39 Å². The third-order valence-electron chi connectivity index (χ3n) is 3.72. The Hall–Kier alpha value is -0.890. The lowest BCUT2D eigenvalue weighted by atomic mass is 10.0. The normalized spacial score (nSPS) is 14.4. The van der Waals surface area contributed by atoms with Crippen LogP contribution in [0.15, 0.2) is 18.2 Å². The van der Waals surface area contributed by atoms with Crippen LogP contribution in [0, 0.1) is 12.7 Å². The van der Waals surface area contributed by atoms with Crippen molar-refractivity contribution < 1.29 is 4.39 Å². The molecule has 19 heavy (non-hydrogen) atoms. The fourth-order valence-corrected chi connectivity index (χ4v) is 2.36. The molecule has 1 N–H and O–H groups in total. The summed E-state index contributed by atoms with van der Waals surface area (Å²) in [5.74, 6) is -0.109. The number of unbranched alkanes of at least 4 members (excludes halogenated alkanes) is 3. The van der Waals surface area contributed by atoms with Crippen molar-refractivity contribution in [2.75, 3.05) is 0 Å². The summed E-state index contributed by atoms with van der Waals surface area (Å²) < 4.78 is 13.5. The molecule has 0 saturated heterocycles. The Morgan fingerprint density at radius 3 is 2.53 bits per heavy atom. The van der Waals surface area contributed by atoms with Crippen molar-refractivity contribution in [2.24, 2.45) is 0 Å². The number of aryl methyl sites for hydroxylation is 1. The van der Waals surface area contributed by atoms with Gasteiger partial charge in [-0.25, -0.2) is 4.39 Å². The maximum atomic E-state index is 13.5. The van der Waals surface area contributed by atoms with E-state index in [2.05, 4.69) is 26.1 Å². The Morgan fingerprint density at radius 1 is 1.16 bits per heavy atom. The standard InChI is InChI=1S/C17H28FN/c1-5-6-7-8-9-14(3)19-15(4)16-11-10-13(2)17(18)12-16/h10-12,14-15,19H,5-9H2,1-4H3. The highest BCUT2D eigenvalue weighted by Gasteiger charge is 2.10. The predicted octanol–water partition coefficient (Wildman–Crippen LogP) is 5.14. The van der Waals surface area contributed by atoms with Crippen molar-refractivity contribution in [1.29, 1.82) is 0 Å². The largest absolute Gasteiger partial charge is 0.308 e. The molecule has 0 bridgehead atoms. The molecule has 0 fully saturated rings. The van der Waals surface area contributed by atoms with Gasteiger partial charge in [0.25, 0.3) is 0 Å². The van der Waals surface area contributed by atoms with Crippen molar-refractivity contribution in [2.45, 2.75) is 71.9 Å². The summed E-state index contributed by atoms with van der Waals surface area (Å²) in [6.07, 6.45) is 6.39. The summed E-state index contributed by atoms with van der Waals surface area (Å²) in [6.45, 7) is 8.35. The Labute approximate surface area is 117 Å². The molecule has 0 aliphatic rings. The van der Waals surface area contributed by atoms with Crippen LogP contribution < -0.4 is 5.32 Å². The van der Waals surface area contributed by atoms with Crippen LogP contribution in [0.3, 0.4) is 0 Å². The Balaban J connectivity index is 2.40. The van der Waals surface area contributed by atoms with Crippen LogP contribution in [-0.4, -0.2) is 6.04 Å². The lowest BCUT2D eigenvalue weighted by Gasteiger charge is -2.20. The molecule has 2 atom stereocenters. The van der Waals surface area contributed by atoms with Crippen molar-refractivity contribution in [3.8, 4) is 0 Å². The Bertz CT molecular complexity index is 376. The van der Waals surface area contributed by atoms with Gasteiger partial charge in [-0.15, -0.1) is 0 Å². The van der Waals surface area contributed by atoms with Gasteiger partial charge < -0.3 is 5.32 Å². The van der Waals surface area contributed by atoms with Crippen LogP contribution in [0.1, 0.15) is 70.0 Å². The molecule has 1 nitrogen and oxygen atoms in total. The average Bonchev–Trinajstić information content (AvgIpc) is 2.38. The third-order valence-corrected chi connectivity index (χ3v) is 3.72. The number of nitrogens with one attached hydrogen (secondary N) is 1. The van der Waals surface area contributed by atoms with Gasteiger partial charge in [0, 0.05) is 12.1 Å². The van der Waals surface area contributed by atoms with E-state index in [9.17, 15) is 4.39 Å². The minimum Gasteiger partial charge on any atom is -0.308 e. The van der Waals surface area contributed by atoms with E-state index in [0.717, 1.165) is 5.56 Å². The molecule has 0 aliphatic carbocycles. The van der Waals surface area contributed by atoms with Gasteiger partial charge in [0.2, 0.25) is 0 Å². The molecular formula is C17H28FN. The SMILES string of the molecule is CCCCCCC(C)NC(C)c1ccc(C)c(F)c1. The van der Waals surface area contributed by atoms with Crippen LogP contribution in [0.5, 0.6) is 0 Å². The maximum absolute atomic E-state index is 13.5. The molecule has 0 amide bonds. The summed E-state index contributed by atoms with van der Waals surface area (Å²) in [4.78, 5) is 0.